The summed E-state index contributed by atoms with van der Waals surface area (Å²) in [6, 6.07) is 16.9. The molecule has 0 aliphatic carbocycles. The third kappa shape index (κ3) is 6.21. The molecule has 162 valence electrons. The number of alkyl halides is 3. The fourth-order valence-electron chi connectivity index (χ4n) is 3.01. The molecular formula is C23H22F3N3O2. The fourth-order valence-corrected chi connectivity index (χ4v) is 3.01. The number of amides is 2. The van der Waals surface area contributed by atoms with Crippen molar-refractivity contribution in [1.29, 1.82) is 0 Å². The van der Waals surface area contributed by atoms with Crippen molar-refractivity contribution in [2.45, 2.75) is 25.8 Å². The van der Waals surface area contributed by atoms with Gasteiger partial charge in [-0.1, -0.05) is 42.5 Å². The van der Waals surface area contributed by atoms with E-state index >= 15 is 0 Å². The number of hydrogen-bond donors (Lipinski definition) is 1. The van der Waals surface area contributed by atoms with Crippen molar-refractivity contribution in [3.8, 4) is 0 Å². The van der Waals surface area contributed by atoms with Crippen LogP contribution in [0.1, 0.15) is 22.3 Å². The van der Waals surface area contributed by atoms with Crippen LogP contribution in [0.3, 0.4) is 0 Å². The van der Waals surface area contributed by atoms with Crippen LogP contribution in [0.5, 0.6) is 0 Å². The van der Waals surface area contributed by atoms with Gasteiger partial charge in [-0.2, -0.15) is 13.2 Å². The molecule has 0 aliphatic heterocycles. The minimum atomic E-state index is -4.38. The maximum absolute atomic E-state index is 12.6. The Morgan fingerprint density at radius 1 is 0.935 bits per heavy atom. The van der Waals surface area contributed by atoms with Crippen molar-refractivity contribution in [3.05, 3.63) is 106 Å². The van der Waals surface area contributed by atoms with Crippen molar-refractivity contribution in [1.82, 2.24) is 14.8 Å². The second kappa shape index (κ2) is 9.51. The van der Waals surface area contributed by atoms with Gasteiger partial charge in [-0.05, 0) is 34.9 Å². The lowest BCUT2D eigenvalue weighted by Gasteiger charge is -2.18. The standard InChI is InChI=1S/C23H22F3N3O2/c1-28(15-18-9-11-20(12-10-18)23(24,25)26)22(31)27-14-17-5-7-19(8-6-17)16-29-13-3-2-4-21(29)30/h2-13H,14-16H2,1H3,(H,27,31). The lowest BCUT2D eigenvalue weighted by molar-refractivity contribution is -0.137. The van der Waals surface area contributed by atoms with Crippen LogP contribution in [-0.4, -0.2) is 22.5 Å². The Kier molecular flexibility index (Phi) is 6.79. The molecule has 0 fully saturated rings. The molecule has 3 rings (SSSR count). The number of pyridine rings is 1. The molecule has 0 spiro atoms. The van der Waals surface area contributed by atoms with Gasteiger partial charge in [0.25, 0.3) is 5.56 Å². The first-order valence-corrected chi connectivity index (χ1v) is 9.61. The molecule has 31 heavy (non-hydrogen) atoms. The van der Waals surface area contributed by atoms with Gasteiger partial charge in [0.05, 0.1) is 12.1 Å². The van der Waals surface area contributed by atoms with E-state index in [2.05, 4.69) is 5.32 Å². The summed E-state index contributed by atoms with van der Waals surface area (Å²) in [5.41, 5.74) is 1.66. The third-order valence-electron chi connectivity index (χ3n) is 4.77. The third-order valence-corrected chi connectivity index (χ3v) is 4.77. The maximum atomic E-state index is 12.6. The number of nitrogens with one attached hydrogen (secondary N) is 1. The molecule has 1 heterocycles. The molecule has 2 aromatic carbocycles. The van der Waals surface area contributed by atoms with E-state index in [0.717, 1.165) is 23.3 Å². The van der Waals surface area contributed by atoms with Gasteiger partial charge in [0.1, 0.15) is 0 Å². The number of rotatable bonds is 6. The van der Waals surface area contributed by atoms with E-state index in [4.69, 9.17) is 0 Å². The molecule has 1 N–H and O–H groups in total. The van der Waals surface area contributed by atoms with Gasteiger partial charge in [0, 0.05) is 32.4 Å². The quantitative estimate of drug-likeness (QED) is 0.637. The highest BCUT2D eigenvalue weighted by Crippen LogP contribution is 2.29. The summed E-state index contributed by atoms with van der Waals surface area (Å²) in [5, 5.41) is 2.78. The van der Waals surface area contributed by atoms with Crippen molar-refractivity contribution in [3.63, 3.8) is 0 Å². The van der Waals surface area contributed by atoms with Crippen molar-refractivity contribution in [2.75, 3.05) is 7.05 Å². The van der Waals surface area contributed by atoms with Crippen LogP contribution in [0.2, 0.25) is 0 Å². The highest BCUT2D eigenvalue weighted by molar-refractivity contribution is 5.73. The number of nitrogens with zero attached hydrogens (tertiary/aromatic N) is 2. The van der Waals surface area contributed by atoms with Crippen LogP contribution in [0.25, 0.3) is 0 Å². The number of benzene rings is 2. The van der Waals surface area contributed by atoms with Crippen LogP contribution in [-0.2, 0) is 25.8 Å². The Balaban J connectivity index is 1.50. The topological polar surface area (TPSA) is 54.3 Å². The summed E-state index contributed by atoms with van der Waals surface area (Å²) < 4.78 is 39.5. The summed E-state index contributed by atoms with van der Waals surface area (Å²) in [7, 11) is 1.58. The zero-order valence-corrected chi connectivity index (χ0v) is 16.9. The van der Waals surface area contributed by atoms with E-state index in [-0.39, 0.29) is 18.1 Å². The number of urea groups is 1. The van der Waals surface area contributed by atoms with Crippen molar-refractivity contribution >= 4 is 6.03 Å². The van der Waals surface area contributed by atoms with Gasteiger partial charge in [0.2, 0.25) is 0 Å². The Hall–Kier alpha value is -3.55. The summed E-state index contributed by atoms with van der Waals surface area (Å²) in [6.45, 7) is 0.957. The molecule has 0 atom stereocenters. The Morgan fingerprint density at radius 3 is 2.16 bits per heavy atom. The molecular weight excluding hydrogens is 407 g/mol. The highest BCUT2D eigenvalue weighted by Gasteiger charge is 2.29. The van der Waals surface area contributed by atoms with Crippen molar-refractivity contribution < 1.29 is 18.0 Å². The van der Waals surface area contributed by atoms with Gasteiger partial charge in [0.15, 0.2) is 0 Å². The number of hydrogen-bond acceptors (Lipinski definition) is 2. The molecule has 3 aromatic rings. The molecule has 0 saturated heterocycles. The lowest BCUT2D eigenvalue weighted by atomic mass is 10.1. The molecule has 8 heteroatoms. The number of halogens is 3. The molecule has 5 nitrogen and oxygen atoms in total. The van der Waals surface area contributed by atoms with Crippen LogP contribution < -0.4 is 10.9 Å². The van der Waals surface area contributed by atoms with E-state index in [0.29, 0.717) is 18.7 Å². The second-order valence-corrected chi connectivity index (χ2v) is 7.19. The first kappa shape index (κ1) is 22.1. The van der Waals surface area contributed by atoms with E-state index < -0.39 is 11.7 Å². The number of carbonyl (C=O) groups is 1. The predicted molar refractivity (Wildman–Crippen MR) is 111 cm³/mol. The monoisotopic (exact) mass is 429 g/mol. The Morgan fingerprint density at radius 2 is 1.55 bits per heavy atom. The maximum Gasteiger partial charge on any atom is 0.416 e. The largest absolute Gasteiger partial charge is 0.416 e. The number of aromatic nitrogens is 1. The van der Waals surface area contributed by atoms with Crippen LogP contribution in [0.15, 0.2) is 77.7 Å². The van der Waals surface area contributed by atoms with Gasteiger partial charge in [-0.3, -0.25) is 4.79 Å². The summed E-state index contributed by atoms with van der Waals surface area (Å²) in [4.78, 5) is 25.5. The average Bonchev–Trinajstić information content (AvgIpc) is 2.74. The Bertz CT molecular complexity index is 1070. The smallest absolute Gasteiger partial charge is 0.334 e. The van der Waals surface area contributed by atoms with Gasteiger partial charge >= 0.3 is 12.2 Å². The second-order valence-electron chi connectivity index (χ2n) is 7.19. The van der Waals surface area contributed by atoms with Crippen LogP contribution >= 0.6 is 0 Å². The van der Waals surface area contributed by atoms with Gasteiger partial charge < -0.3 is 14.8 Å². The first-order valence-electron chi connectivity index (χ1n) is 9.61. The van der Waals surface area contributed by atoms with E-state index in [1.807, 2.05) is 24.3 Å². The summed E-state index contributed by atoms with van der Waals surface area (Å²) in [5.74, 6) is 0. The van der Waals surface area contributed by atoms with Crippen LogP contribution in [0, 0.1) is 0 Å². The fraction of sp³-hybridized carbons (Fsp3) is 0.217. The highest BCUT2D eigenvalue weighted by atomic mass is 19.4. The SMILES string of the molecule is CN(Cc1ccc(C(F)(F)F)cc1)C(=O)NCc1ccc(Cn2ccccc2=O)cc1. The summed E-state index contributed by atoms with van der Waals surface area (Å²) >= 11 is 0. The molecule has 0 unspecified atom stereocenters. The average molecular weight is 429 g/mol. The van der Waals surface area contributed by atoms with E-state index in [9.17, 15) is 22.8 Å². The van der Waals surface area contributed by atoms with Gasteiger partial charge in [-0.15, -0.1) is 0 Å². The predicted octanol–water partition coefficient (Wildman–Crippen LogP) is 4.26. The Labute approximate surface area is 177 Å². The lowest BCUT2D eigenvalue weighted by Crippen LogP contribution is -2.36. The van der Waals surface area contributed by atoms with E-state index in [1.165, 1.54) is 23.1 Å². The molecule has 0 saturated carbocycles. The van der Waals surface area contributed by atoms with Crippen molar-refractivity contribution in [2.24, 2.45) is 0 Å². The molecule has 0 radical (unpaired) electrons. The molecule has 2 amide bonds. The zero-order valence-electron chi connectivity index (χ0n) is 16.9. The zero-order chi connectivity index (χ0) is 22.4. The van der Waals surface area contributed by atoms with Gasteiger partial charge in [-0.25, -0.2) is 4.79 Å². The van der Waals surface area contributed by atoms with E-state index in [1.54, 1.807) is 29.9 Å². The molecule has 0 aliphatic rings. The molecule has 1 aromatic heterocycles. The number of carbonyl (C=O) groups excluding carboxylic acids is 1. The first-order chi connectivity index (χ1) is 14.7. The normalized spacial score (nSPS) is 11.2. The van der Waals surface area contributed by atoms with Crippen LogP contribution in [0.4, 0.5) is 18.0 Å². The molecule has 0 bridgehead atoms. The minimum Gasteiger partial charge on any atom is -0.334 e. The minimum absolute atomic E-state index is 0.0741. The summed E-state index contributed by atoms with van der Waals surface area (Å²) in [6.07, 6.45) is -2.66.